The van der Waals surface area contributed by atoms with Crippen LogP contribution in [0.4, 0.5) is 0 Å². The molecule has 2 unspecified atom stereocenters. The third kappa shape index (κ3) is 3.14. The summed E-state index contributed by atoms with van der Waals surface area (Å²) in [6, 6.07) is 10.4. The molecule has 2 aliphatic rings. The molecular weight excluding hydrogens is 256 g/mol. The van der Waals surface area contributed by atoms with E-state index in [0.29, 0.717) is 6.10 Å². The SMILES string of the molecule is ClC(CCC1CCC2(CCCC2)O1)c1ccccc1. The monoisotopic (exact) mass is 278 g/mol. The number of hydrogen-bond donors (Lipinski definition) is 0. The fourth-order valence-corrected chi connectivity index (χ4v) is 3.92. The number of benzene rings is 1. The zero-order valence-electron chi connectivity index (χ0n) is 11.5. The number of rotatable bonds is 4. The molecule has 1 aliphatic heterocycles. The van der Waals surface area contributed by atoms with Crippen molar-refractivity contribution < 1.29 is 4.74 Å². The molecule has 1 spiro atoms. The van der Waals surface area contributed by atoms with Crippen molar-refractivity contribution in [2.24, 2.45) is 0 Å². The predicted molar refractivity (Wildman–Crippen MR) is 79.6 cm³/mol. The second kappa shape index (κ2) is 5.85. The van der Waals surface area contributed by atoms with E-state index in [1.54, 1.807) is 0 Å². The Labute approximate surface area is 121 Å². The second-order valence-corrected chi connectivity index (χ2v) is 6.65. The average molecular weight is 279 g/mol. The van der Waals surface area contributed by atoms with Gasteiger partial charge < -0.3 is 4.74 Å². The van der Waals surface area contributed by atoms with Crippen molar-refractivity contribution in [3.63, 3.8) is 0 Å². The van der Waals surface area contributed by atoms with Gasteiger partial charge >= 0.3 is 0 Å². The van der Waals surface area contributed by atoms with Crippen molar-refractivity contribution in [3.05, 3.63) is 35.9 Å². The summed E-state index contributed by atoms with van der Waals surface area (Å²) in [6.07, 6.45) is 10.4. The maximum atomic E-state index is 6.48. The van der Waals surface area contributed by atoms with Crippen LogP contribution in [-0.4, -0.2) is 11.7 Å². The Morgan fingerprint density at radius 3 is 2.63 bits per heavy atom. The predicted octanol–water partition coefficient (Wildman–Crippen LogP) is 5.24. The van der Waals surface area contributed by atoms with E-state index in [-0.39, 0.29) is 11.0 Å². The lowest BCUT2D eigenvalue weighted by Crippen LogP contribution is -2.24. The highest BCUT2D eigenvalue weighted by Crippen LogP contribution is 2.44. The Morgan fingerprint density at radius 1 is 1.16 bits per heavy atom. The number of hydrogen-bond acceptors (Lipinski definition) is 1. The molecule has 0 aromatic heterocycles. The summed E-state index contributed by atoms with van der Waals surface area (Å²) >= 11 is 6.48. The van der Waals surface area contributed by atoms with Crippen LogP contribution >= 0.6 is 11.6 Å². The van der Waals surface area contributed by atoms with Crippen LogP contribution in [0.1, 0.15) is 62.3 Å². The molecule has 1 saturated heterocycles. The summed E-state index contributed by atoms with van der Waals surface area (Å²) in [5.41, 5.74) is 1.50. The van der Waals surface area contributed by atoms with Gasteiger partial charge in [-0.3, -0.25) is 0 Å². The zero-order chi connectivity index (χ0) is 13.1. The highest BCUT2D eigenvalue weighted by atomic mass is 35.5. The fraction of sp³-hybridized carbons (Fsp3) is 0.647. The van der Waals surface area contributed by atoms with Crippen molar-refractivity contribution >= 4 is 11.6 Å². The van der Waals surface area contributed by atoms with Gasteiger partial charge in [0.15, 0.2) is 0 Å². The van der Waals surface area contributed by atoms with Crippen LogP contribution in [0.25, 0.3) is 0 Å². The van der Waals surface area contributed by atoms with Crippen LogP contribution in [0.3, 0.4) is 0 Å². The lowest BCUT2D eigenvalue weighted by atomic mass is 9.97. The van der Waals surface area contributed by atoms with Gasteiger partial charge in [-0.25, -0.2) is 0 Å². The largest absolute Gasteiger partial charge is 0.372 e. The molecule has 104 valence electrons. The molecule has 0 radical (unpaired) electrons. The summed E-state index contributed by atoms with van der Waals surface area (Å²) in [4.78, 5) is 0. The molecule has 1 aromatic carbocycles. The molecule has 1 nitrogen and oxygen atoms in total. The van der Waals surface area contributed by atoms with Gasteiger partial charge in [-0.1, -0.05) is 43.2 Å². The summed E-state index contributed by atoms with van der Waals surface area (Å²) in [7, 11) is 0. The van der Waals surface area contributed by atoms with E-state index in [9.17, 15) is 0 Å². The summed E-state index contributed by atoms with van der Waals surface area (Å²) in [5.74, 6) is 0. The Morgan fingerprint density at radius 2 is 1.89 bits per heavy atom. The zero-order valence-corrected chi connectivity index (χ0v) is 12.2. The quantitative estimate of drug-likeness (QED) is 0.685. The van der Waals surface area contributed by atoms with E-state index < -0.39 is 0 Å². The third-order valence-electron chi connectivity index (χ3n) is 4.76. The highest BCUT2D eigenvalue weighted by molar-refractivity contribution is 6.20. The van der Waals surface area contributed by atoms with Crippen LogP contribution < -0.4 is 0 Å². The molecule has 1 heterocycles. The van der Waals surface area contributed by atoms with Gasteiger partial charge in [0.2, 0.25) is 0 Å². The molecule has 1 aromatic rings. The topological polar surface area (TPSA) is 9.23 Å². The maximum Gasteiger partial charge on any atom is 0.0687 e. The maximum absolute atomic E-state index is 6.48. The van der Waals surface area contributed by atoms with Gasteiger partial charge in [-0.2, -0.15) is 0 Å². The number of ether oxygens (including phenoxy) is 1. The van der Waals surface area contributed by atoms with Crippen molar-refractivity contribution in [2.75, 3.05) is 0 Å². The van der Waals surface area contributed by atoms with E-state index in [1.807, 2.05) is 6.07 Å². The summed E-state index contributed by atoms with van der Waals surface area (Å²) in [6.45, 7) is 0. The van der Waals surface area contributed by atoms with Crippen LogP contribution in [0.15, 0.2) is 30.3 Å². The van der Waals surface area contributed by atoms with Crippen molar-refractivity contribution in [2.45, 2.75) is 68.4 Å². The van der Waals surface area contributed by atoms with Crippen molar-refractivity contribution in [1.82, 2.24) is 0 Å². The molecule has 2 heteroatoms. The average Bonchev–Trinajstić information content (AvgIpc) is 3.08. The molecule has 3 rings (SSSR count). The normalized spacial score (nSPS) is 26.9. The van der Waals surface area contributed by atoms with Gasteiger partial charge in [0.25, 0.3) is 0 Å². The Hall–Kier alpha value is -0.530. The molecular formula is C17H23ClO. The molecule has 2 fully saturated rings. The van der Waals surface area contributed by atoms with E-state index in [4.69, 9.17) is 16.3 Å². The molecule has 2 atom stereocenters. The second-order valence-electron chi connectivity index (χ2n) is 6.12. The smallest absolute Gasteiger partial charge is 0.0687 e. The van der Waals surface area contributed by atoms with Crippen LogP contribution in [0.5, 0.6) is 0 Å². The summed E-state index contributed by atoms with van der Waals surface area (Å²) < 4.78 is 6.34. The van der Waals surface area contributed by atoms with Gasteiger partial charge in [-0.05, 0) is 44.1 Å². The fourth-order valence-electron chi connectivity index (χ4n) is 3.65. The lowest BCUT2D eigenvalue weighted by Gasteiger charge is -2.24. The van der Waals surface area contributed by atoms with E-state index >= 15 is 0 Å². The highest BCUT2D eigenvalue weighted by Gasteiger charge is 2.41. The standard InChI is InChI=1S/C17H23ClO/c18-16(14-6-2-1-3-7-14)9-8-15-10-13-17(19-15)11-4-5-12-17/h1-3,6-7,15-16H,4-5,8-13H2. The Kier molecular flexibility index (Phi) is 4.14. The van der Waals surface area contributed by atoms with Gasteiger partial charge in [0, 0.05) is 0 Å². The minimum absolute atomic E-state index is 0.130. The lowest BCUT2D eigenvalue weighted by molar-refractivity contribution is -0.0394. The first-order chi connectivity index (χ1) is 9.27. The third-order valence-corrected chi connectivity index (χ3v) is 5.23. The first kappa shape index (κ1) is 13.5. The number of alkyl halides is 1. The minimum Gasteiger partial charge on any atom is -0.372 e. The van der Waals surface area contributed by atoms with Crippen molar-refractivity contribution in [1.29, 1.82) is 0 Å². The van der Waals surface area contributed by atoms with Gasteiger partial charge in [0.1, 0.15) is 0 Å². The van der Waals surface area contributed by atoms with Crippen LogP contribution in [-0.2, 0) is 4.74 Å². The molecule has 19 heavy (non-hydrogen) atoms. The molecule has 0 amide bonds. The van der Waals surface area contributed by atoms with E-state index in [1.165, 1.54) is 44.1 Å². The van der Waals surface area contributed by atoms with Crippen LogP contribution in [0, 0.1) is 0 Å². The molecule has 1 aliphatic carbocycles. The molecule has 0 N–H and O–H groups in total. The summed E-state index contributed by atoms with van der Waals surface area (Å²) in [5, 5.41) is 0.130. The number of halogens is 1. The Balaban J connectivity index is 1.48. The van der Waals surface area contributed by atoms with Gasteiger partial charge in [-0.15, -0.1) is 11.6 Å². The Bertz CT molecular complexity index is 397. The minimum atomic E-state index is 0.130. The van der Waals surface area contributed by atoms with E-state index in [0.717, 1.165) is 12.8 Å². The molecule has 0 bridgehead atoms. The van der Waals surface area contributed by atoms with Gasteiger partial charge in [0.05, 0.1) is 17.1 Å². The van der Waals surface area contributed by atoms with E-state index in [2.05, 4.69) is 24.3 Å². The first-order valence-corrected chi connectivity index (χ1v) is 8.08. The van der Waals surface area contributed by atoms with Crippen molar-refractivity contribution in [3.8, 4) is 0 Å². The van der Waals surface area contributed by atoms with Crippen LogP contribution in [0.2, 0.25) is 0 Å². The molecule has 1 saturated carbocycles. The first-order valence-electron chi connectivity index (χ1n) is 7.64.